The molecule has 0 saturated heterocycles. The highest BCUT2D eigenvalue weighted by Crippen LogP contribution is 2.73. The van der Waals surface area contributed by atoms with Crippen LogP contribution >= 0.6 is 0 Å². The lowest BCUT2D eigenvalue weighted by molar-refractivity contribution is -0.214. The molecule has 278 valence electrons. The molecule has 2 aromatic carbocycles. The number of rotatable bonds is 7. The van der Waals surface area contributed by atoms with E-state index < -0.39 is 5.91 Å². The number of amides is 3. The third kappa shape index (κ3) is 6.25. The van der Waals surface area contributed by atoms with Gasteiger partial charge in [-0.25, -0.2) is 0 Å². The fraction of sp³-hybridized carbons (Fsp3) is 0.636. The first-order valence-electron chi connectivity index (χ1n) is 20.0. The highest BCUT2D eigenvalue weighted by atomic mass is 16.3. The van der Waals surface area contributed by atoms with Crippen LogP contribution < -0.4 is 16.2 Å². The van der Waals surface area contributed by atoms with Crippen LogP contribution in [0.3, 0.4) is 0 Å². The van der Waals surface area contributed by atoms with E-state index in [-0.39, 0.29) is 40.6 Å². The second kappa shape index (κ2) is 13.9. The van der Waals surface area contributed by atoms with Crippen LogP contribution in [0, 0.1) is 62.6 Å². The van der Waals surface area contributed by atoms with Crippen molar-refractivity contribution in [3.8, 4) is 6.07 Å². The topological polar surface area (TPSA) is 131 Å². The molecule has 0 radical (unpaired) electrons. The monoisotopic (exact) mass is 706 g/mol. The van der Waals surface area contributed by atoms with E-state index in [2.05, 4.69) is 49.9 Å². The smallest absolute Gasteiger partial charge is 0.269 e. The number of aliphatic hydroxyl groups is 1. The van der Waals surface area contributed by atoms with Gasteiger partial charge in [-0.1, -0.05) is 58.4 Å². The van der Waals surface area contributed by atoms with Crippen molar-refractivity contribution in [3.05, 3.63) is 70.8 Å². The van der Waals surface area contributed by atoms with E-state index in [4.69, 9.17) is 5.26 Å². The van der Waals surface area contributed by atoms with Gasteiger partial charge in [0.15, 0.2) is 0 Å². The number of nitrogens with one attached hydrogen (secondary N) is 3. The number of hydrazine groups is 1. The van der Waals surface area contributed by atoms with Crippen LogP contribution in [0.5, 0.6) is 0 Å². The molecule has 0 aliphatic heterocycles. The Labute approximate surface area is 309 Å². The van der Waals surface area contributed by atoms with Crippen LogP contribution in [0.4, 0.5) is 0 Å². The summed E-state index contributed by atoms with van der Waals surface area (Å²) in [5.41, 5.74) is 7.81. The van der Waals surface area contributed by atoms with Crippen molar-refractivity contribution < 1.29 is 19.5 Å². The van der Waals surface area contributed by atoms with Crippen molar-refractivity contribution in [1.82, 2.24) is 16.2 Å². The summed E-state index contributed by atoms with van der Waals surface area (Å²) in [6, 6.07) is 16.2. The number of carbonyl (C=O) groups is 3. The number of fused-ring (bicyclic) bond motifs is 7. The Morgan fingerprint density at radius 3 is 2.38 bits per heavy atom. The van der Waals surface area contributed by atoms with E-state index in [1.165, 1.54) is 25.7 Å². The van der Waals surface area contributed by atoms with Crippen LogP contribution in [-0.2, 0) is 22.4 Å². The molecule has 0 aromatic heterocycles. The van der Waals surface area contributed by atoms with Gasteiger partial charge in [-0.05, 0) is 152 Å². The molecule has 5 saturated carbocycles. The Hall–Kier alpha value is -3.70. The number of benzene rings is 2. The fourth-order valence-corrected chi connectivity index (χ4v) is 13.1. The maximum absolute atomic E-state index is 14.2. The Kier molecular flexibility index (Phi) is 9.82. The molecule has 3 amide bonds. The number of carbonyl (C=O) groups excluding carboxylic acids is 3. The van der Waals surface area contributed by atoms with Gasteiger partial charge in [0.25, 0.3) is 5.91 Å². The maximum Gasteiger partial charge on any atom is 0.269 e. The molecule has 2 aromatic rings. The van der Waals surface area contributed by atoms with Gasteiger partial charge in [-0.15, -0.1) is 0 Å². The number of nitriles is 1. The molecule has 9 unspecified atom stereocenters. The van der Waals surface area contributed by atoms with Crippen molar-refractivity contribution in [3.63, 3.8) is 0 Å². The van der Waals surface area contributed by atoms with Crippen LogP contribution in [-0.4, -0.2) is 35.5 Å². The second-order valence-electron chi connectivity index (χ2n) is 18.3. The van der Waals surface area contributed by atoms with Crippen LogP contribution in [0.25, 0.3) is 0 Å². The minimum absolute atomic E-state index is 0.0318. The molecule has 5 aliphatic rings. The van der Waals surface area contributed by atoms with Crippen LogP contribution in [0.2, 0.25) is 0 Å². The van der Waals surface area contributed by atoms with Crippen LogP contribution in [0.15, 0.2) is 48.5 Å². The largest absolute Gasteiger partial charge is 0.393 e. The first-order chi connectivity index (χ1) is 24.8. The summed E-state index contributed by atoms with van der Waals surface area (Å²) < 4.78 is 0. The number of aliphatic hydroxyl groups excluding tert-OH is 1. The third-order valence-electron chi connectivity index (χ3n) is 15.6. The summed E-state index contributed by atoms with van der Waals surface area (Å²) in [5, 5.41) is 23.4. The minimum atomic E-state index is -0.412. The standard InChI is InChI=1S/C44H58N4O4/c1-41(2)35-16-20-42(3)33-15-22-44(19-7-12-34(44)32(33)13-14-36(42)43(35,4)21-17-37(41)49)40(52)46-23-18-28-8-6-11-31(25-28)39(51)48-47-38(50)26-29-9-5-10-30(24-29)27-45/h5-6,8-11,24-25,32-37,49H,7,12-23,26H2,1-4H3,(H,46,52)(H,47,50)(H,48,51). The van der Waals surface area contributed by atoms with Gasteiger partial charge in [-0.2, -0.15) is 5.26 Å². The lowest BCUT2D eigenvalue weighted by Crippen LogP contribution is -2.63. The summed E-state index contributed by atoms with van der Waals surface area (Å²) in [6.07, 6.45) is 12.9. The summed E-state index contributed by atoms with van der Waals surface area (Å²) in [5.74, 6) is 2.45. The molecule has 5 aliphatic carbocycles. The van der Waals surface area contributed by atoms with Crippen molar-refractivity contribution in [2.45, 2.75) is 117 Å². The Bertz CT molecular complexity index is 1750. The Morgan fingerprint density at radius 2 is 1.58 bits per heavy atom. The molecule has 52 heavy (non-hydrogen) atoms. The van der Waals surface area contributed by atoms with Gasteiger partial charge < -0.3 is 10.4 Å². The first kappa shape index (κ1) is 36.6. The molecule has 7 rings (SSSR count). The van der Waals surface area contributed by atoms with Gasteiger partial charge in [0.1, 0.15) is 0 Å². The second-order valence-corrected chi connectivity index (χ2v) is 18.3. The molecule has 5 fully saturated rings. The van der Waals surface area contributed by atoms with E-state index in [9.17, 15) is 19.5 Å². The molecule has 8 heteroatoms. The van der Waals surface area contributed by atoms with Crippen molar-refractivity contribution in [2.75, 3.05) is 6.54 Å². The maximum atomic E-state index is 14.2. The number of nitrogens with zero attached hydrogens (tertiary/aromatic N) is 1. The normalized spacial score (nSPS) is 35.8. The molecular weight excluding hydrogens is 649 g/mol. The van der Waals surface area contributed by atoms with Gasteiger partial charge >= 0.3 is 0 Å². The molecule has 8 nitrogen and oxygen atoms in total. The third-order valence-corrected chi connectivity index (χ3v) is 15.6. The predicted octanol–water partition coefficient (Wildman–Crippen LogP) is 7.05. The highest BCUT2D eigenvalue weighted by Gasteiger charge is 2.67. The van der Waals surface area contributed by atoms with E-state index >= 15 is 0 Å². The van der Waals surface area contributed by atoms with Gasteiger partial charge in [0.2, 0.25) is 11.8 Å². The predicted molar refractivity (Wildman–Crippen MR) is 200 cm³/mol. The summed E-state index contributed by atoms with van der Waals surface area (Å²) in [4.78, 5) is 39.5. The quantitative estimate of drug-likeness (QED) is 0.229. The lowest BCUT2D eigenvalue weighted by Gasteiger charge is -2.69. The average molecular weight is 707 g/mol. The summed E-state index contributed by atoms with van der Waals surface area (Å²) in [7, 11) is 0. The summed E-state index contributed by atoms with van der Waals surface area (Å²) >= 11 is 0. The molecule has 4 N–H and O–H groups in total. The van der Waals surface area contributed by atoms with Gasteiger partial charge in [0, 0.05) is 12.1 Å². The first-order valence-corrected chi connectivity index (χ1v) is 20.0. The minimum Gasteiger partial charge on any atom is -0.393 e. The molecule has 0 bridgehead atoms. The van der Waals surface area contributed by atoms with E-state index in [0.717, 1.165) is 50.5 Å². The van der Waals surface area contributed by atoms with E-state index in [1.807, 2.05) is 18.2 Å². The van der Waals surface area contributed by atoms with E-state index in [0.29, 0.717) is 64.7 Å². The van der Waals surface area contributed by atoms with Gasteiger partial charge in [-0.3, -0.25) is 25.2 Å². The number of hydrogen-bond donors (Lipinski definition) is 4. The molecule has 9 atom stereocenters. The highest BCUT2D eigenvalue weighted by molar-refractivity contribution is 5.95. The molecule has 0 spiro atoms. The van der Waals surface area contributed by atoms with Crippen LogP contribution in [0.1, 0.15) is 125 Å². The van der Waals surface area contributed by atoms with Crippen molar-refractivity contribution in [2.24, 2.45) is 51.2 Å². The van der Waals surface area contributed by atoms with Crippen molar-refractivity contribution >= 4 is 17.7 Å². The summed E-state index contributed by atoms with van der Waals surface area (Å²) in [6.45, 7) is 10.3. The SMILES string of the molecule is CC1(C)C(O)CCC2(C)C1CCC1(C)C3CCC4(C(=O)NCCc5cccc(C(=O)NNC(=O)Cc6cccc(C#N)c6)c5)CCCC4C3CCC12. The molecular formula is C44H58N4O4. The van der Waals surface area contributed by atoms with Crippen molar-refractivity contribution in [1.29, 1.82) is 5.26 Å². The zero-order chi connectivity index (χ0) is 36.9. The van der Waals surface area contributed by atoms with E-state index in [1.54, 1.807) is 30.3 Å². The fourth-order valence-electron chi connectivity index (χ4n) is 13.1. The Morgan fingerprint density at radius 1 is 0.808 bits per heavy atom. The zero-order valence-electron chi connectivity index (χ0n) is 31.6. The molecule has 0 heterocycles. The lowest BCUT2D eigenvalue weighted by atomic mass is 9.36. The van der Waals surface area contributed by atoms with Gasteiger partial charge in [0.05, 0.1) is 29.6 Å². The zero-order valence-corrected chi connectivity index (χ0v) is 31.6. The number of hydrogen-bond acceptors (Lipinski definition) is 5. The average Bonchev–Trinajstić information content (AvgIpc) is 3.58. The Balaban J connectivity index is 0.945.